The van der Waals surface area contributed by atoms with Crippen molar-refractivity contribution in [3.63, 3.8) is 0 Å². The molecule has 20 heavy (non-hydrogen) atoms. The van der Waals surface area contributed by atoms with Crippen LogP contribution in [-0.2, 0) is 11.3 Å². The smallest absolute Gasteiger partial charge is 0.224 e. The number of likely N-dealkylation sites (tertiary alicyclic amines) is 1. The molecule has 0 unspecified atom stereocenters. The van der Waals surface area contributed by atoms with E-state index >= 15 is 0 Å². The largest absolute Gasteiger partial charge is 0.343 e. The lowest BCUT2D eigenvalue weighted by Crippen LogP contribution is -2.47. The van der Waals surface area contributed by atoms with E-state index in [4.69, 9.17) is 0 Å². The summed E-state index contributed by atoms with van der Waals surface area (Å²) in [6.45, 7) is 4.76. The molecular formula is C14H23N5O. The van der Waals surface area contributed by atoms with Crippen LogP contribution in [0.4, 0.5) is 0 Å². The van der Waals surface area contributed by atoms with E-state index in [2.05, 4.69) is 15.4 Å². The fraction of sp³-hybridized carbons (Fsp3) is 0.786. The number of rotatable bonds is 3. The van der Waals surface area contributed by atoms with Gasteiger partial charge >= 0.3 is 0 Å². The fourth-order valence-corrected chi connectivity index (χ4v) is 3.40. The Kier molecular flexibility index (Phi) is 4.00. The van der Waals surface area contributed by atoms with Gasteiger partial charge in [-0.1, -0.05) is 0 Å². The second-order valence-corrected chi connectivity index (χ2v) is 6.04. The van der Waals surface area contributed by atoms with Crippen molar-refractivity contribution >= 4 is 5.91 Å². The number of hydrogen-bond acceptors (Lipinski definition) is 4. The molecule has 1 amide bonds. The number of piperidine rings is 2. The minimum absolute atomic E-state index is 0.254. The molecule has 1 aromatic heterocycles. The maximum Gasteiger partial charge on any atom is 0.224 e. The summed E-state index contributed by atoms with van der Waals surface area (Å²) in [7, 11) is 0. The van der Waals surface area contributed by atoms with Gasteiger partial charge in [0.2, 0.25) is 5.91 Å². The SMILES string of the molecule is O=C(CCn1cncn1)N1CCC2(CCNCC2)CC1. The number of carbonyl (C=O) groups is 1. The topological polar surface area (TPSA) is 63.1 Å². The van der Waals surface area contributed by atoms with Crippen molar-refractivity contribution in [3.05, 3.63) is 12.7 Å². The van der Waals surface area contributed by atoms with Crippen LogP contribution in [0.1, 0.15) is 32.1 Å². The third-order valence-corrected chi connectivity index (χ3v) is 4.86. The second kappa shape index (κ2) is 5.91. The Morgan fingerprint density at radius 1 is 1.20 bits per heavy atom. The molecular weight excluding hydrogens is 254 g/mol. The predicted octanol–water partition coefficient (Wildman–Crippen LogP) is 0.660. The van der Waals surface area contributed by atoms with Gasteiger partial charge in [0.15, 0.2) is 0 Å². The first-order valence-corrected chi connectivity index (χ1v) is 7.58. The van der Waals surface area contributed by atoms with Crippen LogP contribution in [0.2, 0.25) is 0 Å². The average molecular weight is 277 g/mol. The Morgan fingerprint density at radius 2 is 1.95 bits per heavy atom. The van der Waals surface area contributed by atoms with Gasteiger partial charge in [-0.05, 0) is 44.2 Å². The molecule has 2 aliphatic rings. The highest BCUT2D eigenvalue weighted by molar-refractivity contribution is 5.76. The van der Waals surface area contributed by atoms with Crippen LogP contribution < -0.4 is 5.32 Å². The number of nitrogens with zero attached hydrogens (tertiary/aromatic N) is 4. The summed E-state index contributed by atoms with van der Waals surface area (Å²) in [5, 5.41) is 7.46. The summed E-state index contributed by atoms with van der Waals surface area (Å²) in [5.41, 5.74) is 0.508. The predicted molar refractivity (Wildman–Crippen MR) is 75.0 cm³/mol. The van der Waals surface area contributed by atoms with Crippen LogP contribution in [0.5, 0.6) is 0 Å². The van der Waals surface area contributed by atoms with Crippen LogP contribution in [-0.4, -0.2) is 51.8 Å². The number of aryl methyl sites for hydroxylation is 1. The zero-order valence-corrected chi connectivity index (χ0v) is 11.9. The first-order chi connectivity index (χ1) is 9.77. The van der Waals surface area contributed by atoms with Gasteiger partial charge in [-0.3, -0.25) is 9.48 Å². The van der Waals surface area contributed by atoms with E-state index in [1.165, 1.54) is 32.0 Å². The molecule has 3 rings (SSSR count). The molecule has 0 aromatic carbocycles. The van der Waals surface area contributed by atoms with Gasteiger partial charge in [0.25, 0.3) is 0 Å². The van der Waals surface area contributed by atoms with Crippen molar-refractivity contribution in [3.8, 4) is 0 Å². The van der Waals surface area contributed by atoms with E-state index < -0.39 is 0 Å². The zero-order valence-electron chi connectivity index (χ0n) is 11.9. The lowest BCUT2D eigenvalue weighted by molar-refractivity contribution is -0.134. The second-order valence-electron chi connectivity index (χ2n) is 6.04. The summed E-state index contributed by atoms with van der Waals surface area (Å²) >= 11 is 0. The highest BCUT2D eigenvalue weighted by Gasteiger charge is 2.36. The molecule has 6 heteroatoms. The minimum Gasteiger partial charge on any atom is -0.343 e. The van der Waals surface area contributed by atoms with Gasteiger partial charge in [0.1, 0.15) is 12.7 Å². The summed E-state index contributed by atoms with van der Waals surface area (Å²) < 4.78 is 1.72. The third-order valence-electron chi connectivity index (χ3n) is 4.86. The molecule has 1 spiro atoms. The minimum atomic E-state index is 0.254. The third kappa shape index (κ3) is 3.00. The van der Waals surface area contributed by atoms with Gasteiger partial charge in [0.05, 0.1) is 6.54 Å². The average Bonchev–Trinajstić information content (AvgIpc) is 3.00. The zero-order chi connectivity index (χ0) is 13.8. The highest BCUT2D eigenvalue weighted by Crippen LogP contribution is 2.39. The number of aromatic nitrogens is 3. The number of nitrogens with one attached hydrogen (secondary N) is 1. The van der Waals surface area contributed by atoms with E-state index in [1.54, 1.807) is 11.0 Å². The Hall–Kier alpha value is -1.43. The molecule has 2 fully saturated rings. The molecule has 2 saturated heterocycles. The standard InChI is InChI=1S/C14H23N5O/c20-13(1-8-19-12-16-11-17-19)18-9-4-14(5-10-18)2-6-15-7-3-14/h11-12,15H,1-10H2. The molecule has 0 aliphatic carbocycles. The lowest BCUT2D eigenvalue weighted by atomic mass is 9.71. The molecule has 1 aromatic rings. The number of amides is 1. The molecule has 0 saturated carbocycles. The summed E-state index contributed by atoms with van der Waals surface area (Å²) in [5.74, 6) is 0.254. The molecule has 0 bridgehead atoms. The van der Waals surface area contributed by atoms with Crippen LogP contribution >= 0.6 is 0 Å². The molecule has 6 nitrogen and oxygen atoms in total. The first kappa shape index (κ1) is 13.5. The van der Waals surface area contributed by atoms with E-state index in [1.807, 2.05) is 4.90 Å². The lowest BCUT2D eigenvalue weighted by Gasteiger charge is -2.44. The molecule has 1 N–H and O–H groups in total. The molecule has 0 radical (unpaired) electrons. The van der Waals surface area contributed by atoms with Crippen molar-refractivity contribution in [2.75, 3.05) is 26.2 Å². The van der Waals surface area contributed by atoms with Gasteiger partial charge in [-0.25, -0.2) is 4.98 Å². The van der Waals surface area contributed by atoms with Crippen molar-refractivity contribution in [1.82, 2.24) is 25.0 Å². The number of hydrogen-bond donors (Lipinski definition) is 1. The van der Waals surface area contributed by atoms with E-state index in [-0.39, 0.29) is 5.91 Å². The molecule has 0 atom stereocenters. The van der Waals surface area contributed by atoms with Crippen molar-refractivity contribution in [2.45, 2.75) is 38.6 Å². The molecule has 2 aliphatic heterocycles. The van der Waals surface area contributed by atoms with Gasteiger partial charge in [-0.15, -0.1) is 0 Å². The summed E-state index contributed by atoms with van der Waals surface area (Å²) in [6.07, 6.45) is 8.58. The van der Waals surface area contributed by atoms with Crippen molar-refractivity contribution < 1.29 is 4.79 Å². The van der Waals surface area contributed by atoms with Gasteiger partial charge < -0.3 is 10.2 Å². The van der Waals surface area contributed by atoms with E-state index in [9.17, 15) is 4.79 Å². The summed E-state index contributed by atoms with van der Waals surface area (Å²) in [6, 6.07) is 0. The number of carbonyl (C=O) groups excluding carboxylic acids is 1. The van der Waals surface area contributed by atoms with Crippen LogP contribution in [0.15, 0.2) is 12.7 Å². The van der Waals surface area contributed by atoms with Gasteiger partial charge in [-0.2, -0.15) is 5.10 Å². The Balaban J connectivity index is 1.46. The van der Waals surface area contributed by atoms with E-state index in [0.29, 0.717) is 18.4 Å². The van der Waals surface area contributed by atoms with Crippen molar-refractivity contribution in [1.29, 1.82) is 0 Å². The summed E-state index contributed by atoms with van der Waals surface area (Å²) in [4.78, 5) is 18.1. The molecule has 3 heterocycles. The van der Waals surface area contributed by atoms with E-state index in [0.717, 1.165) is 26.2 Å². The maximum absolute atomic E-state index is 12.2. The normalized spacial score (nSPS) is 22.1. The molecule has 110 valence electrons. The van der Waals surface area contributed by atoms with Crippen LogP contribution in [0.3, 0.4) is 0 Å². The fourth-order valence-electron chi connectivity index (χ4n) is 3.40. The Bertz CT molecular complexity index is 428. The Labute approximate surface area is 119 Å². The monoisotopic (exact) mass is 277 g/mol. The maximum atomic E-state index is 12.2. The van der Waals surface area contributed by atoms with Gasteiger partial charge in [0, 0.05) is 19.5 Å². The quantitative estimate of drug-likeness (QED) is 0.881. The first-order valence-electron chi connectivity index (χ1n) is 7.58. The highest BCUT2D eigenvalue weighted by atomic mass is 16.2. The van der Waals surface area contributed by atoms with Crippen molar-refractivity contribution in [2.24, 2.45) is 5.41 Å². The van der Waals surface area contributed by atoms with Crippen LogP contribution in [0.25, 0.3) is 0 Å². The Morgan fingerprint density at radius 3 is 2.60 bits per heavy atom. The van der Waals surface area contributed by atoms with Crippen LogP contribution in [0, 0.1) is 5.41 Å².